The fraction of sp³-hybridized carbons (Fsp3) is 0.333. The van der Waals surface area contributed by atoms with Crippen LogP contribution in [0.1, 0.15) is 18.9 Å². The van der Waals surface area contributed by atoms with Crippen LogP contribution in [0.4, 0.5) is 5.69 Å². The normalized spacial score (nSPS) is 12.6. The maximum atomic E-state index is 8.56. The van der Waals surface area contributed by atoms with Crippen LogP contribution < -0.4 is 0 Å². The monoisotopic (exact) mass is 186 g/mol. The molecule has 0 aliphatic heterocycles. The lowest BCUT2D eigenvalue weighted by atomic mass is 10.1. The van der Waals surface area contributed by atoms with Crippen molar-refractivity contribution in [2.24, 2.45) is 10.9 Å². The molecule has 0 saturated carbocycles. The molecule has 0 amide bonds. The van der Waals surface area contributed by atoms with Crippen LogP contribution in [0, 0.1) is 24.2 Å². The lowest BCUT2D eigenvalue weighted by molar-refractivity contribution is 0.794. The Kier molecular flexibility index (Phi) is 3.87. The van der Waals surface area contributed by atoms with Crippen LogP contribution in [0.3, 0.4) is 0 Å². The number of nitriles is 1. The Morgan fingerprint density at radius 2 is 2.07 bits per heavy atom. The van der Waals surface area contributed by atoms with Gasteiger partial charge in [-0.05, 0) is 32.4 Å². The fourth-order valence-corrected chi connectivity index (χ4v) is 1.000. The number of nitrogens with zero attached hydrogens (tertiary/aromatic N) is 2. The zero-order valence-electron chi connectivity index (χ0n) is 8.57. The Hall–Kier alpha value is -1.62. The van der Waals surface area contributed by atoms with Gasteiger partial charge in [-0.3, -0.25) is 4.99 Å². The average molecular weight is 186 g/mol. The Balaban J connectivity index is 2.53. The van der Waals surface area contributed by atoms with Gasteiger partial charge in [-0.2, -0.15) is 5.26 Å². The SMILES string of the molecule is Cc1ccc(N=CCC(C)C#N)cc1. The summed E-state index contributed by atoms with van der Waals surface area (Å²) < 4.78 is 0. The number of hydrogen-bond donors (Lipinski definition) is 0. The van der Waals surface area contributed by atoms with E-state index >= 15 is 0 Å². The van der Waals surface area contributed by atoms with Crippen molar-refractivity contribution in [3.05, 3.63) is 29.8 Å². The average Bonchev–Trinajstić information content (AvgIpc) is 2.21. The van der Waals surface area contributed by atoms with Crippen molar-refractivity contribution < 1.29 is 0 Å². The summed E-state index contributed by atoms with van der Waals surface area (Å²) in [6.07, 6.45) is 2.52. The molecule has 0 aliphatic carbocycles. The predicted octanol–water partition coefficient (Wildman–Crippen LogP) is 3.25. The summed E-state index contributed by atoms with van der Waals surface area (Å²) in [5, 5.41) is 8.56. The molecule has 1 aromatic rings. The van der Waals surface area contributed by atoms with Gasteiger partial charge in [-0.15, -0.1) is 0 Å². The van der Waals surface area contributed by atoms with Gasteiger partial charge in [0.15, 0.2) is 0 Å². The van der Waals surface area contributed by atoms with E-state index in [0.717, 1.165) is 5.69 Å². The lowest BCUT2D eigenvalue weighted by Gasteiger charge is -1.96. The van der Waals surface area contributed by atoms with E-state index in [4.69, 9.17) is 5.26 Å². The lowest BCUT2D eigenvalue weighted by Crippen LogP contribution is -1.89. The molecule has 1 atom stereocenters. The molecule has 0 heterocycles. The van der Waals surface area contributed by atoms with Gasteiger partial charge in [-0.25, -0.2) is 0 Å². The zero-order chi connectivity index (χ0) is 10.4. The van der Waals surface area contributed by atoms with Gasteiger partial charge in [0.2, 0.25) is 0 Å². The van der Waals surface area contributed by atoms with Gasteiger partial charge in [0.25, 0.3) is 0 Å². The molecular formula is C12H14N2. The first-order chi connectivity index (χ1) is 6.72. The van der Waals surface area contributed by atoms with Crippen LogP contribution in [0.5, 0.6) is 0 Å². The molecule has 1 unspecified atom stereocenters. The van der Waals surface area contributed by atoms with E-state index in [2.05, 4.69) is 11.1 Å². The molecule has 0 aliphatic rings. The Bertz CT molecular complexity index is 344. The third-order valence-corrected chi connectivity index (χ3v) is 1.95. The second-order valence-corrected chi connectivity index (χ2v) is 3.41. The first-order valence-electron chi connectivity index (χ1n) is 4.71. The molecule has 0 fully saturated rings. The van der Waals surface area contributed by atoms with Gasteiger partial charge >= 0.3 is 0 Å². The van der Waals surface area contributed by atoms with Crippen molar-refractivity contribution in [1.82, 2.24) is 0 Å². The van der Waals surface area contributed by atoms with Crippen LogP contribution in [0.15, 0.2) is 29.3 Å². The Morgan fingerprint density at radius 3 is 2.64 bits per heavy atom. The van der Waals surface area contributed by atoms with E-state index in [0.29, 0.717) is 6.42 Å². The quantitative estimate of drug-likeness (QED) is 0.667. The van der Waals surface area contributed by atoms with Gasteiger partial charge in [-0.1, -0.05) is 17.7 Å². The van der Waals surface area contributed by atoms with Crippen molar-refractivity contribution in [2.75, 3.05) is 0 Å². The first kappa shape index (κ1) is 10.5. The highest BCUT2D eigenvalue weighted by Gasteiger charge is 1.94. The minimum Gasteiger partial charge on any atom is -0.261 e. The molecule has 1 aromatic carbocycles. The standard InChI is InChI=1S/C12H14N2/c1-10-3-5-12(6-4-10)14-8-7-11(2)9-13/h3-6,8,11H,7H2,1-2H3. The summed E-state index contributed by atoms with van der Waals surface area (Å²) in [6, 6.07) is 10.2. The molecule has 0 aromatic heterocycles. The summed E-state index contributed by atoms with van der Waals surface area (Å²) in [4.78, 5) is 4.26. The molecule has 14 heavy (non-hydrogen) atoms. The number of rotatable bonds is 3. The van der Waals surface area contributed by atoms with Gasteiger partial charge in [0, 0.05) is 12.1 Å². The number of hydrogen-bond acceptors (Lipinski definition) is 2. The smallest absolute Gasteiger partial charge is 0.0656 e. The minimum atomic E-state index is 0.0456. The highest BCUT2D eigenvalue weighted by atomic mass is 14.7. The summed E-state index contributed by atoms with van der Waals surface area (Å²) >= 11 is 0. The molecule has 0 spiro atoms. The largest absolute Gasteiger partial charge is 0.261 e. The van der Waals surface area contributed by atoms with Crippen LogP contribution in [-0.4, -0.2) is 6.21 Å². The van der Waals surface area contributed by atoms with Crippen molar-refractivity contribution in [2.45, 2.75) is 20.3 Å². The molecule has 0 saturated heterocycles. The second kappa shape index (κ2) is 5.18. The molecule has 0 bridgehead atoms. The van der Waals surface area contributed by atoms with Crippen molar-refractivity contribution in [3.8, 4) is 6.07 Å². The van der Waals surface area contributed by atoms with E-state index in [-0.39, 0.29) is 5.92 Å². The summed E-state index contributed by atoms with van der Waals surface area (Å²) in [7, 11) is 0. The minimum absolute atomic E-state index is 0.0456. The molecule has 0 N–H and O–H groups in total. The van der Waals surface area contributed by atoms with E-state index in [1.54, 1.807) is 6.21 Å². The first-order valence-corrected chi connectivity index (χ1v) is 4.71. The Morgan fingerprint density at radius 1 is 1.43 bits per heavy atom. The third-order valence-electron chi connectivity index (χ3n) is 1.95. The second-order valence-electron chi connectivity index (χ2n) is 3.41. The van der Waals surface area contributed by atoms with Gasteiger partial charge < -0.3 is 0 Å². The van der Waals surface area contributed by atoms with Crippen LogP contribution in [-0.2, 0) is 0 Å². The molecular weight excluding hydrogens is 172 g/mol. The van der Waals surface area contributed by atoms with Crippen molar-refractivity contribution in [1.29, 1.82) is 5.26 Å². The van der Waals surface area contributed by atoms with Crippen LogP contribution in [0.25, 0.3) is 0 Å². The number of aryl methyl sites for hydroxylation is 1. The van der Waals surface area contributed by atoms with E-state index in [1.165, 1.54) is 5.56 Å². The van der Waals surface area contributed by atoms with Crippen molar-refractivity contribution >= 4 is 11.9 Å². The molecule has 1 rings (SSSR count). The van der Waals surface area contributed by atoms with Crippen LogP contribution >= 0.6 is 0 Å². The Labute approximate surface area is 84.9 Å². The fourth-order valence-electron chi connectivity index (χ4n) is 1.000. The summed E-state index contributed by atoms with van der Waals surface area (Å²) in [5.41, 5.74) is 2.18. The number of aliphatic imine (C=N–C) groups is 1. The van der Waals surface area contributed by atoms with Crippen LogP contribution in [0.2, 0.25) is 0 Å². The zero-order valence-corrected chi connectivity index (χ0v) is 8.57. The topological polar surface area (TPSA) is 36.1 Å². The predicted molar refractivity (Wildman–Crippen MR) is 58.7 cm³/mol. The number of benzene rings is 1. The van der Waals surface area contributed by atoms with Crippen molar-refractivity contribution in [3.63, 3.8) is 0 Å². The molecule has 0 radical (unpaired) electrons. The van der Waals surface area contributed by atoms with E-state index < -0.39 is 0 Å². The summed E-state index contributed by atoms with van der Waals surface area (Å²) in [6.45, 7) is 3.94. The molecule has 72 valence electrons. The highest BCUT2D eigenvalue weighted by Crippen LogP contribution is 2.12. The van der Waals surface area contributed by atoms with E-state index in [1.807, 2.05) is 38.1 Å². The maximum Gasteiger partial charge on any atom is 0.0656 e. The third kappa shape index (κ3) is 3.40. The highest BCUT2D eigenvalue weighted by molar-refractivity contribution is 5.63. The maximum absolute atomic E-state index is 8.56. The van der Waals surface area contributed by atoms with Gasteiger partial charge in [0.1, 0.15) is 0 Å². The van der Waals surface area contributed by atoms with E-state index in [9.17, 15) is 0 Å². The van der Waals surface area contributed by atoms with Gasteiger partial charge in [0.05, 0.1) is 11.8 Å². The summed E-state index contributed by atoms with van der Waals surface area (Å²) in [5.74, 6) is 0.0456. The molecule has 2 nitrogen and oxygen atoms in total. The molecule has 2 heteroatoms.